The van der Waals surface area contributed by atoms with Crippen molar-refractivity contribution in [2.45, 2.75) is 6.42 Å². The minimum Gasteiger partial charge on any atom is -0.370 e. The number of nitrogens with one attached hydrogen (secondary N) is 2. The van der Waals surface area contributed by atoms with Gasteiger partial charge in [-0.05, 0) is 24.4 Å². The van der Waals surface area contributed by atoms with Crippen molar-refractivity contribution in [3.63, 3.8) is 0 Å². The summed E-state index contributed by atoms with van der Waals surface area (Å²) in [4.78, 5) is 5.67. The van der Waals surface area contributed by atoms with Gasteiger partial charge in [-0.25, -0.2) is 0 Å². The Hall–Kier alpha value is -1.66. The highest BCUT2D eigenvalue weighted by atomic mass is 35.5. The van der Waals surface area contributed by atoms with Crippen LogP contribution in [0.5, 0.6) is 0 Å². The second-order valence-electron chi connectivity index (χ2n) is 3.69. The van der Waals surface area contributed by atoms with Crippen LogP contribution in [-0.2, 0) is 6.42 Å². The minimum atomic E-state index is -0.117. The van der Waals surface area contributed by atoms with Crippen LogP contribution in [0.15, 0.2) is 31.0 Å². The van der Waals surface area contributed by atoms with Crippen molar-refractivity contribution < 1.29 is 0 Å². The Morgan fingerprint density at radius 1 is 1.68 bits per heavy atom. The Bertz CT molecular complexity index is 477. The maximum atomic E-state index is 7.53. The third-order valence-corrected chi connectivity index (χ3v) is 3.05. The summed E-state index contributed by atoms with van der Waals surface area (Å²) in [5.74, 6) is -0.117. The average Bonchev–Trinajstić information content (AvgIpc) is 2.38. The Balaban J connectivity index is 2.64. The first-order chi connectivity index (χ1) is 9.06. The number of guanidine groups is 1. The van der Waals surface area contributed by atoms with Crippen LogP contribution in [0.2, 0.25) is 5.02 Å². The molecule has 19 heavy (non-hydrogen) atoms. The molecule has 1 rings (SSSR count). The van der Waals surface area contributed by atoms with Gasteiger partial charge in [-0.1, -0.05) is 17.7 Å². The van der Waals surface area contributed by atoms with Crippen LogP contribution >= 0.6 is 23.8 Å². The molecule has 0 atom stereocenters. The molecule has 0 unspecified atom stereocenters. The van der Waals surface area contributed by atoms with Crippen molar-refractivity contribution in [3.05, 3.63) is 41.7 Å². The summed E-state index contributed by atoms with van der Waals surface area (Å²) in [5, 5.41) is 11.4. The fourth-order valence-corrected chi connectivity index (χ4v) is 1.90. The van der Waals surface area contributed by atoms with E-state index in [0.717, 1.165) is 5.69 Å². The molecule has 7 heteroatoms. The van der Waals surface area contributed by atoms with E-state index >= 15 is 0 Å². The fraction of sp³-hybridized carbons (Fsp3) is 0.250. The molecule has 0 radical (unpaired) electrons. The summed E-state index contributed by atoms with van der Waals surface area (Å²) in [7, 11) is 0. The van der Waals surface area contributed by atoms with Crippen LogP contribution in [0.3, 0.4) is 0 Å². The zero-order valence-electron chi connectivity index (χ0n) is 10.4. The van der Waals surface area contributed by atoms with Gasteiger partial charge in [-0.3, -0.25) is 15.3 Å². The fourth-order valence-electron chi connectivity index (χ4n) is 1.41. The van der Waals surface area contributed by atoms with Crippen molar-refractivity contribution in [2.75, 3.05) is 13.1 Å². The number of pyridine rings is 1. The van der Waals surface area contributed by atoms with Gasteiger partial charge in [0.2, 0.25) is 0 Å². The Labute approximate surface area is 123 Å². The van der Waals surface area contributed by atoms with Crippen molar-refractivity contribution in [1.82, 2.24) is 15.2 Å². The molecule has 1 aromatic heterocycles. The summed E-state index contributed by atoms with van der Waals surface area (Å²) in [6.07, 6.45) is 3.91. The molecule has 0 aromatic carbocycles. The second-order valence-corrected chi connectivity index (χ2v) is 4.49. The summed E-state index contributed by atoms with van der Waals surface area (Å²) < 4.78 is 0. The molecule has 5 nitrogen and oxygen atoms in total. The predicted octanol–water partition coefficient (Wildman–Crippen LogP) is 1.53. The Morgan fingerprint density at radius 3 is 3.00 bits per heavy atom. The van der Waals surface area contributed by atoms with E-state index in [1.165, 1.54) is 4.90 Å². The second kappa shape index (κ2) is 7.70. The predicted molar refractivity (Wildman–Crippen MR) is 82.4 cm³/mol. The smallest absolute Gasteiger partial charge is 0.194 e. The van der Waals surface area contributed by atoms with E-state index in [1.807, 2.05) is 0 Å². The lowest BCUT2D eigenvalue weighted by atomic mass is 10.2. The van der Waals surface area contributed by atoms with Crippen molar-refractivity contribution in [3.8, 4) is 0 Å². The molecule has 0 aliphatic carbocycles. The standard InChI is InChI=1S/C12H16ClN5S/c1-2-6-17-12(19)18(11(14)15)8-5-10-9(13)4-3-7-16-10/h2-4,7H,1,5-6,8H2,(H3,14,15)(H,17,19). The first-order valence-electron chi connectivity index (χ1n) is 5.66. The highest BCUT2D eigenvalue weighted by Crippen LogP contribution is 2.12. The highest BCUT2D eigenvalue weighted by Gasteiger charge is 2.13. The summed E-state index contributed by atoms with van der Waals surface area (Å²) >= 11 is 11.2. The normalized spacial score (nSPS) is 9.74. The van der Waals surface area contributed by atoms with E-state index < -0.39 is 0 Å². The van der Waals surface area contributed by atoms with Crippen molar-refractivity contribution >= 4 is 34.9 Å². The molecule has 0 saturated heterocycles. The number of nitrogens with two attached hydrogens (primary N) is 1. The van der Waals surface area contributed by atoms with E-state index in [0.29, 0.717) is 29.6 Å². The monoisotopic (exact) mass is 297 g/mol. The summed E-state index contributed by atoms with van der Waals surface area (Å²) in [6.45, 7) is 4.55. The molecular formula is C12H16ClN5S. The largest absolute Gasteiger partial charge is 0.370 e. The van der Waals surface area contributed by atoms with E-state index in [4.69, 9.17) is 35.0 Å². The first-order valence-corrected chi connectivity index (χ1v) is 6.44. The van der Waals surface area contributed by atoms with Gasteiger partial charge >= 0.3 is 0 Å². The van der Waals surface area contributed by atoms with Crippen molar-refractivity contribution in [1.29, 1.82) is 5.41 Å². The quantitative estimate of drug-likeness (QED) is 0.332. The highest BCUT2D eigenvalue weighted by molar-refractivity contribution is 7.80. The van der Waals surface area contributed by atoms with Crippen LogP contribution in [0, 0.1) is 5.41 Å². The Kier molecular flexibility index (Phi) is 6.24. The topological polar surface area (TPSA) is 78.0 Å². The van der Waals surface area contributed by atoms with Crippen LogP contribution in [0.1, 0.15) is 5.69 Å². The summed E-state index contributed by atoms with van der Waals surface area (Å²) in [5.41, 5.74) is 6.27. The molecular weight excluding hydrogens is 282 g/mol. The van der Waals surface area contributed by atoms with E-state index in [1.54, 1.807) is 24.4 Å². The zero-order valence-corrected chi connectivity index (χ0v) is 12.0. The van der Waals surface area contributed by atoms with E-state index in [2.05, 4.69) is 16.9 Å². The lowest BCUT2D eigenvalue weighted by Crippen LogP contribution is -2.47. The van der Waals surface area contributed by atoms with Gasteiger partial charge in [0.05, 0.1) is 10.7 Å². The molecule has 0 fully saturated rings. The van der Waals surface area contributed by atoms with Gasteiger partial charge in [-0.15, -0.1) is 6.58 Å². The van der Waals surface area contributed by atoms with Gasteiger partial charge in [0.15, 0.2) is 11.1 Å². The number of rotatable bonds is 5. The lowest BCUT2D eigenvalue weighted by Gasteiger charge is -2.23. The molecule has 0 aliphatic heterocycles. The number of nitrogens with zero attached hydrogens (tertiary/aromatic N) is 2. The maximum absolute atomic E-state index is 7.53. The molecule has 1 heterocycles. The van der Waals surface area contributed by atoms with Gasteiger partial charge in [-0.2, -0.15) is 0 Å². The molecule has 1 aromatic rings. The number of hydrogen-bond donors (Lipinski definition) is 3. The van der Waals surface area contributed by atoms with E-state index in [9.17, 15) is 0 Å². The van der Waals surface area contributed by atoms with Gasteiger partial charge < -0.3 is 11.1 Å². The lowest BCUT2D eigenvalue weighted by molar-refractivity contribution is 0.579. The van der Waals surface area contributed by atoms with Crippen LogP contribution in [-0.4, -0.2) is 34.0 Å². The molecule has 0 aliphatic rings. The minimum absolute atomic E-state index is 0.117. The third-order valence-electron chi connectivity index (χ3n) is 2.34. The maximum Gasteiger partial charge on any atom is 0.194 e. The van der Waals surface area contributed by atoms with Gasteiger partial charge in [0.25, 0.3) is 0 Å². The molecule has 0 saturated carbocycles. The number of thiocarbonyl (C=S) groups is 1. The first kappa shape index (κ1) is 15.4. The molecule has 4 N–H and O–H groups in total. The van der Waals surface area contributed by atoms with Crippen LogP contribution < -0.4 is 11.1 Å². The van der Waals surface area contributed by atoms with Crippen molar-refractivity contribution in [2.24, 2.45) is 5.73 Å². The third kappa shape index (κ3) is 4.84. The molecule has 0 bridgehead atoms. The van der Waals surface area contributed by atoms with Gasteiger partial charge in [0.1, 0.15) is 0 Å². The van der Waals surface area contributed by atoms with Gasteiger partial charge in [0, 0.05) is 25.7 Å². The molecule has 102 valence electrons. The van der Waals surface area contributed by atoms with Crippen LogP contribution in [0.25, 0.3) is 0 Å². The molecule has 0 amide bonds. The van der Waals surface area contributed by atoms with Crippen LogP contribution in [0.4, 0.5) is 0 Å². The Morgan fingerprint density at radius 2 is 2.42 bits per heavy atom. The average molecular weight is 298 g/mol. The SMILES string of the molecule is C=CCNC(=S)N(CCc1ncccc1Cl)C(=N)N. The summed E-state index contributed by atoms with van der Waals surface area (Å²) in [6, 6.07) is 3.54. The number of aromatic nitrogens is 1. The molecule has 0 spiro atoms. The number of hydrogen-bond acceptors (Lipinski definition) is 3. The zero-order chi connectivity index (χ0) is 14.3. The number of halogens is 1. The van der Waals surface area contributed by atoms with E-state index in [-0.39, 0.29) is 5.96 Å².